The fraction of sp³-hybridized carbons (Fsp3) is 0.441. The van der Waals surface area contributed by atoms with Crippen LogP contribution in [0, 0.1) is 11.8 Å². The van der Waals surface area contributed by atoms with Gasteiger partial charge in [-0.15, -0.1) is 0 Å². The first kappa shape index (κ1) is 29.1. The largest absolute Gasteiger partial charge is 0.394 e. The predicted octanol–water partition coefficient (Wildman–Crippen LogP) is 2.65. The van der Waals surface area contributed by atoms with Crippen LogP contribution in [0.1, 0.15) is 19.4 Å². The summed E-state index contributed by atoms with van der Waals surface area (Å²) in [6.07, 6.45) is 7.20. The van der Waals surface area contributed by atoms with Crippen molar-refractivity contribution in [3.8, 4) is 0 Å². The van der Waals surface area contributed by atoms with Crippen molar-refractivity contribution in [2.24, 2.45) is 11.8 Å². The molecule has 2 fully saturated rings. The number of rotatable bonds is 8. The Labute approximate surface area is 253 Å². The van der Waals surface area contributed by atoms with Crippen molar-refractivity contribution in [3.63, 3.8) is 0 Å². The van der Waals surface area contributed by atoms with Crippen molar-refractivity contribution in [1.82, 2.24) is 9.80 Å². The van der Waals surface area contributed by atoms with Crippen LogP contribution in [0.15, 0.2) is 78.9 Å². The minimum Gasteiger partial charge on any atom is -0.394 e. The van der Waals surface area contributed by atoms with Crippen LogP contribution in [0.25, 0.3) is 0 Å². The highest BCUT2D eigenvalue weighted by atomic mass is 16.5. The van der Waals surface area contributed by atoms with E-state index < -0.39 is 35.6 Å². The fourth-order valence-electron chi connectivity index (χ4n) is 7.40. The zero-order valence-corrected chi connectivity index (χ0v) is 25.0. The third-order valence-corrected chi connectivity index (χ3v) is 9.51. The summed E-state index contributed by atoms with van der Waals surface area (Å²) < 4.78 is 6.72. The first-order valence-electron chi connectivity index (χ1n) is 15.2. The molecule has 4 aliphatic heterocycles. The SMILES string of the molecule is CCN(CC)c1ccc(N2CC=C[C@]34O[C@@H]5C=CCN(C)C(=O)[C@@H]5[C@H]3C(=O)N([C@@H](CO)Cc3ccccc3)C4C2=O)cc1. The van der Waals surface area contributed by atoms with Crippen molar-refractivity contribution in [1.29, 1.82) is 0 Å². The van der Waals surface area contributed by atoms with Gasteiger partial charge in [-0.2, -0.15) is 0 Å². The number of aliphatic hydroxyl groups is 1. The maximum atomic E-state index is 14.8. The van der Waals surface area contributed by atoms with E-state index in [2.05, 4.69) is 18.7 Å². The highest BCUT2D eigenvalue weighted by Crippen LogP contribution is 2.54. The Morgan fingerprint density at radius 1 is 0.953 bits per heavy atom. The fourth-order valence-corrected chi connectivity index (χ4v) is 7.40. The number of likely N-dealkylation sites (N-methyl/N-ethyl adjacent to an activating group) is 1. The van der Waals surface area contributed by atoms with Gasteiger partial charge in [0.1, 0.15) is 11.6 Å². The number of ether oxygens (including phenoxy) is 1. The Morgan fingerprint density at radius 3 is 2.35 bits per heavy atom. The number of carbonyl (C=O) groups excluding carboxylic acids is 3. The predicted molar refractivity (Wildman–Crippen MR) is 165 cm³/mol. The van der Waals surface area contributed by atoms with Crippen LogP contribution in [-0.4, -0.2) is 96.3 Å². The molecule has 0 aromatic heterocycles. The molecule has 0 radical (unpaired) electrons. The number of aliphatic hydroxyl groups excluding tert-OH is 1. The minimum atomic E-state index is -1.35. The molecule has 1 unspecified atom stereocenters. The number of amides is 3. The van der Waals surface area contributed by atoms with E-state index in [0.717, 1.165) is 24.3 Å². The Bertz CT molecular complexity index is 1420. The molecule has 9 nitrogen and oxygen atoms in total. The minimum absolute atomic E-state index is 0.177. The van der Waals surface area contributed by atoms with Crippen LogP contribution in [0.3, 0.4) is 0 Å². The summed E-state index contributed by atoms with van der Waals surface area (Å²) in [6.45, 7) is 6.34. The molecule has 4 heterocycles. The molecular weight excluding hydrogens is 544 g/mol. The van der Waals surface area contributed by atoms with E-state index in [1.54, 1.807) is 16.8 Å². The maximum Gasteiger partial charge on any atom is 0.253 e. The van der Waals surface area contributed by atoms with Gasteiger partial charge in [-0.1, -0.05) is 54.6 Å². The maximum absolute atomic E-state index is 14.8. The normalized spacial score (nSPS) is 28.8. The first-order chi connectivity index (χ1) is 20.8. The van der Waals surface area contributed by atoms with Gasteiger partial charge < -0.3 is 29.4 Å². The molecule has 43 heavy (non-hydrogen) atoms. The molecule has 0 saturated carbocycles. The number of nitrogens with zero attached hydrogens (tertiary/aromatic N) is 4. The van der Waals surface area contributed by atoms with Crippen LogP contribution in [0.5, 0.6) is 0 Å². The molecule has 2 aromatic carbocycles. The van der Waals surface area contributed by atoms with Crippen molar-refractivity contribution < 1.29 is 24.2 Å². The van der Waals surface area contributed by atoms with Gasteiger partial charge in [0.15, 0.2) is 0 Å². The third kappa shape index (κ3) is 4.75. The van der Waals surface area contributed by atoms with Crippen LogP contribution >= 0.6 is 0 Å². The Kier molecular flexibility index (Phi) is 7.87. The van der Waals surface area contributed by atoms with Gasteiger partial charge in [-0.25, -0.2) is 0 Å². The van der Waals surface area contributed by atoms with E-state index in [-0.39, 0.29) is 24.3 Å². The highest BCUT2D eigenvalue weighted by Gasteiger charge is 2.72. The van der Waals surface area contributed by atoms with E-state index >= 15 is 0 Å². The molecule has 226 valence electrons. The van der Waals surface area contributed by atoms with E-state index in [4.69, 9.17) is 4.74 Å². The average Bonchev–Trinajstić information content (AvgIpc) is 3.36. The van der Waals surface area contributed by atoms with Crippen molar-refractivity contribution in [2.45, 2.75) is 44.1 Å². The van der Waals surface area contributed by atoms with Crippen molar-refractivity contribution in [3.05, 3.63) is 84.5 Å². The molecule has 1 N–H and O–H groups in total. The summed E-state index contributed by atoms with van der Waals surface area (Å²) in [7, 11) is 1.72. The molecule has 0 bridgehead atoms. The molecule has 9 heteroatoms. The van der Waals surface area contributed by atoms with Gasteiger partial charge in [0.05, 0.1) is 30.6 Å². The number of hydrogen-bond donors (Lipinski definition) is 1. The molecule has 0 aliphatic carbocycles. The Hall–Kier alpha value is -3.95. The summed E-state index contributed by atoms with van der Waals surface area (Å²) in [5, 5.41) is 10.7. The molecule has 6 atom stereocenters. The zero-order chi connectivity index (χ0) is 30.3. The Morgan fingerprint density at radius 2 is 1.67 bits per heavy atom. The van der Waals surface area contributed by atoms with Gasteiger partial charge in [0, 0.05) is 44.6 Å². The molecule has 4 aliphatic rings. The number of hydrogen-bond acceptors (Lipinski definition) is 6. The molecule has 2 aromatic rings. The number of anilines is 2. The van der Waals surface area contributed by atoms with Crippen LogP contribution in [0.4, 0.5) is 11.4 Å². The lowest BCUT2D eigenvalue weighted by molar-refractivity contribution is -0.146. The van der Waals surface area contributed by atoms with Crippen LogP contribution < -0.4 is 9.80 Å². The number of benzene rings is 2. The lowest BCUT2D eigenvalue weighted by Crippen LogP contribution is -2.58. The Balaban J connectivity index is 1.44. The summed E-state index contributed by atoms with van der Waals surface area (Å²) in [5.74, 6) is -2.46. The molecular formula is C34H40N4O5. The standard InChI is InChI=1S/C34H40N4O5/c1-4-36(5-2)24-14-16-25(17-15-24)37-20-10-18-34-29(28-27(43-34)13-9-19-35(3)31(28)40)32(41)38(30(34)33(37)42)26(22-39)21-23-11-7-6-8-12-23/h6-18,26-30,39H,4-5,19-22H2,1-3H3/t26-,27-,28+,29+,30?,34+/m1/s1. The van der Waals surface area contributed by atoms with E-state index in [1.165, 1.54) is 4.90 Å². The highest BCUT2D eigenvalue weighted by molar-refractivity contribution is 6.06. The number of likely N-dealkylation sites (tertiary alicyclic amines) is 1. The lowest BCUT2D eigenvalue weighted by Gasteiger charge is -2.38. The van der Waals surface area contributed by atoms with Crippen molar-refractivity contribution >= 4 is 29.1 Å². The zero-order valence-electron chi connectivity index (χ0n) is 25.0. The van der Waals surface area contributed by atoms with Gasteiger partial charge in [0.2, 0.25) is 11.8 Å². The second kappa shape index (κ2) is 11.6. The third-order valence-electron chi connectivity index (χ3n) is 9.51. The van der Waals surface area contributed by atoms with Crippen LogP contribution in [-0.2, 0) is 25.5 Å². The van der Waals surface area contributed by atoms with E-state index in [1.807, 2.05) is 78.9 Å². The smallest absolute Gasteiger partial charge is 0.253 e. The summed E-state index contributed by atoms with van der Waals surface area (Å²) in [4.78, 5) is 50.1. The average molecular weight is 585 g/mol. The van der Waals surface area contributed by atoms with E-state index in [9.17, 15) is 19.5 Å². The molecule has 1 spiro atoms. The van der Waals surface area contributed by atoms with Crippen LogP contribution in [0.2, 0.25) is 0 Å². The first-order valence-corrected chi connectivity index (χ1v) is 15.2. The molecule has 3 amide bonds. The topological polar surface area (TPSA) is 93.6 Å². The van der Waals surface area contributed by atoms with E-state index in [0.29, 0.717) is 25.2 Å². The number of carbonyl (C=O) groups is 3. The van der Waals surface area contributed by atoms with Crippen molar-refractivity contribution in [2.75, 3.05) is 49.6 Å². The summed E-state index contributed by atoms with van der Waals surface area (Å²) >= 11 is 0. The quantitative estimate of drug-likeness (QED) is 0.480. The summed E-state index contributed by atoms with van der Waals surface area (Å²) in [5.41, 5.74) is 1.37. The lowest BCUT2D eigenvalue weighted by atomic mass is 9.77. The van der Waals surface area contributed by atoms with Gasteiger partial charge in [-0.05, 0) is 50.1 Å². The molecule has 2 saturated heterocycles. The second-order valence-electron chi connectivity index (χ2n) is 11.8. The van der Waals surface area contributed by atoms with Gasteiger partial charge in [0.25, 0.3) is 5.91 Å². The summed E-state index contributed by atoms with van der Waals surface area (Å²) in [6, 6.07) is 15.8. The monoisotopic (exact) mass is 584 g/mol. The number of fused-ring (bicyclic) bond motifs is 2. The molecule has 6 rings (SSSR count). The second-order valence-corrected chi connectivity index (χ2v) is 11.8. The van der Waals surface area contributed by atoms with Gasteiger partial charge >= 0.3 is 0 Å². The van der Waals surface area contributed by atoms with Gasteiger partial charge in [-0.3, -0.25) is 14.4 Å².